The van der Waals surface area contributed by atoms with Gasteiger partial charge in [0.05, 0.1) is 0 Å². The van der Waals surface area contributed by atoms with E-state index in [0.717, 1.165) is 12.5 Å². The second-order valence-corrected chi connectivity index (χ2v) is 6.80. The zero-order valence-electron chi connectivity index (χ0n) is 11.3. The summed E-state index contributed by atoms with van der Waals surface area (Å²) in [7, 11) is 0. The molecule has 0 atom stereocenters. The van der Waals surface area contributed by atoms with Crippen LogP contribution in [0.15, 0.2) is 17.5 Å². The minimum Gasteiger partial charge on any atom is -0.314 e. The first-order valence-electron chi connectivity index (χ1n) is 6.93. The summed E-state index contributed by atoms with van der Waals surface area (Å²) in [5, 5.41) is 5.87. The van der Waals surface area contributed by atoms with Crippen LogP contribution in [-0.4, -0.2) is 12.6 Å². The topological polar surface area (TPSA) is 12.0 Å². The third kappa shape index (κ3) is 2.92. The Morgan fingerprint density at radius 2 is 2.24 bits per heavy atom. The minimum atomic E-state index is 0.457. The van der Waals surface area contributed by atoms with Crippen molar-refractivity contribution in [2.45, 2.75) is 57.9 Å². The molecule has 17 heavy (non-hydrogen) atoms. The smallest absolute Gasteiger partial charge is 0.0177 e. The number of hydrogen-bond donors (Lipinski definition) is 1. The summed E-state index contributed by atoms with van der Waals surface area (Å²) in [6.45, 7) is 7.94. The third-order valence-electron chi connectivity index (χ3n) is 3.95. The average Bonchev–Trinajstić information content (AvgIpc) is 2.74. The van der Waals surface area contributed by atoms with Crippen LogP contribution in [-0.2, 0) is 5.41 Å². The fourth-order valence-electron chi connectivity index (χ4n) is 3.07. The van der Waals surface area contributed by atoms with E-state index in [2.05, 4.69) is 43.6 Å². The van der Waals surface area contributed by atoms with E-state index in [1.165, 1.54) is 25.7 Å². The normalized spacial score (nSPS) is 28.4. The standard InChI is InChI=1S/C15H25NS/c1-4-6-13-9-15(10-13,11-16-12(2)3)14-7-5-8-17-14/h5,7-8,12-13,16H,4,6,9-11H2,1-3H3. The van der Waals surface area contributed by atoms with E-state index in [1.807, 2.05) is 11.3 Å². The predicted molar refractivity (Wildman–Crippen MR) is 76.8 cm³/mol. The lowest BCUT2D eigenvalue weighted by Crippen LogP contribution is -2.49. The SMILES string of the molecule is CCCC1CC(CNC(C)C)(c2cccs2)C1. The Labute approximate surface area is 110 Å². The van der Waals surface area contributed by atoms with Crippen molar-refractivity contribution in [1.82, 2.24) is 5.32 Å². The van der Waals surface area contributed by atoms with Crippen LogP contribution in [0.4, 0.5) is 0 Å². The molecule has 0 spiro atoms. The highest BCUT2D eigenvalue weighted by atomic mass is 32.1. The second-order valence-electron chi connectivity index (χ2n) is 5.86. The molecule has 2 heteroatoms. The maximum atomic E-state index is 3.65. The molecular weight excluding hydrogens is 226 g/mol. The van der Waals surface area contributed by atoms with Gasteiger partial charge in [-0.25, -0.2) is 0 Å². The van der Waals surface area contributed by atoms with Crippen molar-refractivity contribution in [3.63, 3.8) is 0 Å². The lowest BCUT2D eigenvalue weighted by Gasteiger charge is -2.48. The van der Waals surface area contributed by atoms with Crippen LogP contribution in [0.5, 0.6) is 0 Å². The van der Waals surface area contributed by atoms with Crippen LogP contribution in [0.2, 0.25) is 0 Å². The molecule has 1 N–H and O–H groups in total. The van der Waals surface area contributed by atoms with E-state index < -0.39 is 0 Å². The molecule has 1 aromatic heterocycles. The van der Waals surface area contributed by atoms with Gasteiger partial charge in [-0.1, -0.05) is 39.7 Å². The van der Waals surface area contributed by atoms with E-state index in [-0.39, 0.29) is 0 Å². The second kappa shape index (κ2) is 5.53. The summed E-state index contributed by atoms with van der Waals surface area (Å²) < 4.78 is 0. The van der Waals surface area contributed by atoms with Crippen molar-refractivity contribution < 1.29 is 0 Å². The fourth-order valence-corrected chi connectivity index (χ4v) is 4.02. The van der Waals surface area contributed by atoms with E-state index in [4.69, 9.17) is 0 Å². The fraction of sp³-hybridized carbons (Fsp3) is 0.733. The van der Waals surface area contributed by atoms with Gasteiger partial charge in [0.1, 0.15) is 0 Å². The van der Waals surface area contributed by atoms with Crippen LogP contribution >= 0.6 is 11.3 Å². The molecule has 1 aromatic rings. The van der Waals surface area contributed by atoms with Gasteiger partial charge in [0.15, 0.2) is 0 Å². The van der Waals surface area contributed by atoms with Gasteiger partial charge in [-0.05, 0) is 30.2 Å². The van der Waals surface area contributed by atoms with E-state index >= 15 is 0 Å². The predicted octanol–water partition coefficient (Wildman–Crippen LogP) is 4.19. The molecule has 0 amide bonds. The van der Waals surface area contributed by atoms with Gasteiger partial charge in [-0.15, -0.1) is 11.3 Å². The summed E-state index contributed by atoms with van der Waals surface area (Å²) in [5.74, 6) is 0.969. The van der Waals surface area contributed by atoms with Crippen molar-refractivity contribution in [2.75, 3.05) is 6.54 Å². The molecule has 0 bridgehead atoms. The van der Waals surface area contributed by atoms with Gasteiger partial charge >= 0.3 is 0 Å². The molecule has 0 saturated heterocycles. The van der Waals surface area contributed by atoms with Crippen molar-refractivity contribution in [2.24, 2.45) is 5.92 Å². The number of hydrogen-bond acceptors (Lipinski definition) is 2. The Balaban J connectivity index is 2.00. The first-order valence-corrected chi connectivity index (χ1v) is 7.81. The zero-order chi connectivity index (χ0) is 12.3. The molecule has 0 radical (unpaired) electrons. The van der Waals surface area contributed by atoms with E-state index in [0.29, 0.717) is 11.5 Å². The highest BCUT2D eigenvalue weighted by Gasteiger charge is 2.45. The van der Waals surface area contributed by atoms with Crippen LogP contribution in [0.3, 0.4) is 0 Å². The zero-order valence-corrected chi connectivity index (χ0v) is 12.1. The lowest BCUT2D eigenvalue weighted by atomic mass is 9.60. The Morgan fingerprint density at radius 1 is 1.47 bits per heavy atom. The third-order valence-corrected chi connectivity index (χ3v) is 5.06. The molecular formula is C15H25NS. The van der Waals surface area contributed by atoms with Crippen LogP contribution in [0.1, 0.15) is 51.3 Å². The molecule has 0 aliphatic heterocycles. The largest absolute Gasteiger partial charge is 0.314 e. The molecule has 2 rings (SSSR count). The van der Waals surface area contributed by atoms with Crippen molar-refractivity contribution in [3.8, 4) is 0 Å². The monoisotopic (exact) mass is 251 g/mol. The summed E-state index contributed by atoms with van der Waals surface area (Å²) >= 11 is 1.94. The van der Waals surface area contributed by atoms with Gasteiger partial charge in [0, 0.05) is 22.9 Å². The molecule has 1 aliphatic carbocycles. The van der Waals surface area contributed by atoms with Gasteiger partial charge < -0.3 is 5.32 Å². The number of rotatable bonds is 6. The molecule has 1 heterocycles. The minimum absolute atomic E-state index is 0.457. The number of thiophene rings is 1. The van der Waals surface area contributed by atoms with Crippen molar-refractivity contribution >= 4 is 11.3 Å². The Morgan fingerprint density at radius 3 is 2.76 bits per heavy atom. The van der Waals surface area contributed by atoms with E-state index in [9.17, 15) is 0 Å². The van der Waals surface area contributed by atoms with Gasteiger partial charge in [-0.3, -0.25) is 0 Å². The molecule has 1 saturated carbocycles. The van der Waals surface area contributed by atoms with Crippen LogP contribution < -0.4 is 5.32 Å². The van der Waals surface area contributed by atoms with Gasteiger partial charge in [-0.2, -0.15) is 0 Å². The van der Waals surface area contributed by atoms with Crippen LogP contribution in [0, 0.1) is 5.92 Å². The van der Waals surface area contributed by atoms with E-state index in [1.54, 1.807) is 4.88 Å². The Bertz CT molecular complexity index is 323. The first-order chi connectivity index (χ1) is 8.16. The summed E-state index contributed by atoms with van der Waals surface area (Å²) in [6, 6.07) is 5.12. The molecule has 0 aromatic carbocycles. The summed E-state index contributed by atoms with van der Waals surface area (Å²) in [4.78, 5) is 1.60. The quantitative estimate of drug-likeness (QED) is 0.799. The first kappa shape index (κ1) is 13.1. The van der Waals surface area contributed by atoms with Gasteiger partial charge in [0.25, 0.3) is 0 Å². The Kier molecular flexibility index (Phi) is 4.26. The maximum Gasteiger partial charge on any atom is 0.0177 e. The highest BCUT2D eigenvalue weighted by Crippen LogP contribution is 2.50. The van der Waals surface area contributed by atoms with Crippen molar-refractivity contribution in [3.05, 3.63) is 22.4 Å². The number of nitrogens with one attached hydrogen (secondary N) is 1. The molecule has 1 aliphatic rings. The molecule has 1 fully saturated rings. The average molecular weight is 251 g/mol. The lowest BCUT2D eigenvalue weighted by molar-refractivity contribution is 0.129. The molecule has 0 unspecified atom stereocenters. The maximum absolute atomic E-state index is 3.65. The summed E-state index contributed by atoms with van der Waals surface area (Å²) in [5.41, 5.74) is 0.457. The highest BCUT2D eigenvalue weighted by molar-refractivity contribution is 7.10. The Hall–Kier alpha value is -0.340. The van der Waals surface area contributed by atoms with Crippen molar-refractivity contribution in [1.29, 1.82) is 0 Å². The van der Waals surface area contributed by atoms with Gasteiger partial charge in [0.2, 0.25) is 0 Å². The molecule has 1 nitrogen and oxygen atoms in total. The molecule has 96 valence electrons. The van der Waals surface area contributed by atoms with Crippen LogP contribution in [0.25, 0.3) is 0 Å². The summed E-state index contributed by atoms with van der Waals surface area (Å²) in [6.07, 6.45) is 5.53.